The van der Waals surface area contributed by atoms with Gasteiger partial charge >= 0.3 is 0 Å². The van der Waals surface area contributed by atoms with Gasteiger partial charge in [0.2, 0.25) is 5.91 Å². The highest BCUT2D eigenvalue weighted by molar-refractivity contribution is 5.82. The molecule has 3 heteroatoms. The normalized spacial score (nSPS) is 35.4. The molecule has 1 amide bonds. The molecule has 2 heterocycles. The summed E-state index contributed by atoms with van der Waals surface area (Å²) in [5.41, 5.74) is 0. The van der Waals surface area contributed by atoms with Crippen molar-refractivity contribution in [2.75, 3.05) is 6.54 Å². The molecule has 2 aliphatic heterocycles. The molecular formula is C13H24N2O. The summed E-state index contributed by atoms with van der Waals surface area (Å²) in [6.07, 6.45) is 6.91. The molecule has 0 saturated carbocycles. The van der Waals surface area contributed by atoms with Gasteiger partial charge in [-0.05, 0) is 45.6 Å². The Morgan fingerprint density at radius 3 is 2.75 bits per heavy atom. The molecule has 2 unspecified atom stereocenters. The van der Waals surface area contributed by atoms with Crippen molar-refractivity contribution in [3.63, 3.8) is 0 Å². The van der Waals surface area contributed by atoms with E-state index in [1.165, 1.54) is 25.7 Å². The molecule has 2 fully saturated rings. The van der Waals surface area contributed by atoms with Gasteiger partial charge in [0.1, 0.15) is 0 Å². The molecule has 0 aromatic carbocycles. The molecule has 0 aromatic rings. The zero-order valence-corrected chi connectivity index (χ0v) is 10.5. The minimum Gasteiger partial charge on any atom is -0.336 e. The van der Waals surface area contributed by atoms with E-state index in [1.807, 2.05) is 0 Å². The first kappa shape index (κ1) is 11.9. The van der Waals surface area contributed by atoms with Crippen LogP contribution in [0.4, 0.5) is 0 Å². The highest BCUT2D eigenvalue weighted by Gasteiger charge is 2.36. The second-order valence-electron chi connectivity index (χ2n) is 5.24. The Hall–Kier alpha value is -0.570. The summed E-state index contributed by atoms with van der Waals surface area (Å²) in [5.74, 6) is 0.358. The minimum absolute atomic E-state index is 0.100. The summed E-state index contributed by atoms with van der Waals surface area (Å²) in [7, 11) is 0. The van der Waals surface area contributed by atoms with Gasteiger partial charge in [-0.3, -0.25) is 4.79 Å². The lowest BCUT2D eigenvalue weighted by atomic mass is 10.0. The van der Waals surface area contributed by atoms with E-state index >= 15 is 0 Å². The summed E-state index contributed by atoms with van der Waals surface area (Å²) in [6, 6.07) is 1.04. The van der Waals surface area contributed by atoms with E-state index < -0.39 is 0 Å². The van der Waals surface area contributed by atoms with Gasteiger partial charge in [0.25, 0.3) is 0 Å². The molecular weight excluding hydrogens is 200 g/mol. The van der Waals surface area contributed by atoms with Crippen LogP contribution in [-0.2, 0) is 4.79 Å². The van der Waals surface area contributed by atoms with Crippen LogP contribution in [0.15, 0.2) is 0 Å². The third-order valence-electron chi connectivity index (χ3n) is 4.12. The molecule has 0 aliphatic carbocycles. The lowest BCUT2D eigenvalue weighted by molar-refractivity contribution is -0.136. The number of carbonyl (C=O) groups excluding carboxylic acids is 1. The first-order chi connectivity index (χ1) is 7.74. The SMILES string of the molecule is CCC1CCC(C)N1C(=O)[C@H]1CCCCN1. The van der Waals surface area contributed by atoms with Crippen LogP contribution in [0.3, 0.4) is 0 Å². The van der Waals surface area contributed by atoms with Crippen molar-refractivity contribution >= 4 is 5.91 Å². The summed E-state index contributed by atoms with van der Waals surface area (Å²) >= 11 is 0. The fraction of sp³-hybridized carbons (Fsp3) is 0.923. The monoisotopic (exact) mass is 224 g/mol. The predicted molar refractivity (Wildman–Crippen MR) is 65.3 cm³/mol. The number of amides is 1. The van der Waals surface area contributed by atoms with Crippen molar-refractivity contribution < 1.29 is 4.79 Å². The van der Waals surface area contributed by atoms with E-state index in [2.05, 4.69) is 24.1 Å². The largest absolute Gasteiger partial charge is 0.336 e. The Balaban J connectivity index is 2.01. The van der Waals surface area contributed by atoms with Gasteiger partial charge in [0.05, 0.1) is 6.04 Å². The van der Waals surface area contributed by atoms with Gasteiger partial charge < -0.3 is 10.2 Å². The maximum atomic E-state index is 12.4. The zero-order valence-electron chi connectivity index (χ0n) is 10.5. The van der Waals surface area contributed by atoms with Gasteiger partial charge in [0.15, 0.2) is 0 Å². The highest BCUT2D eigenvalue weighted by Crippen LogP contribution is 2.27. The van der Waals surface area contributed by atoms with Crippen LogP contribution in [-0.4, -0.2) is 35.5 Å². The molecule has 0 aromatic heterocycles. The maximum Gasteiger partial charge on any atom is 0.240 e. The van der Waals surface area contributed by atoms with Crippen LogP contribution in [0.2, 0.25) is 0 Å². The molecule has 0 bridgehead atoms. The van der Waals surface area contributed by atoms with Crippen molar-refractivity contribution in [1.29, 1.82) is 0 Å². The van der Waals surface area contributed by atoms with Crippen LogP contribution in [0.5, 0.6) is 0 Å². The molecule has 0 spiro atoms. The van der Waals surface area contributed by atoms with Crippen LogP contribution in [0, 0.1) is 0 Å². The first-order valence-corrected chi connectivity index (χ1v) is 6.79. The summed E-state index contributed by atoms with van der Waals surface area (Å²) in [4.78, 5) is 14.6. The third kappa shape index (κ3) is 2.24. The summed E-state index contributed by atoms with van der Waals surface area (Å²) in [6.45, 7) is 5.39. The minimum atomic E-state index is 0.100. The number of carbonyl (C=O) groups is 1. The van der Waals surface area contributed by atoms with Crippen molar-refractivity contribution in [1.82, 2.24) is 10.2 Å². The quantitative estimate of drug-likeness (QED) is 0.777. The molecule has 0 radical (unpaired) electrons. The molecule has 92 valence electrons. The van der Waals surface area contributed by atoms with Gasteiger partial charge in [-0.1, -0.05) is 13.3 Å². The zero-order chi connectivity index (χ0) is 11.5. The topological polar surface area (TPSA) is 32.3 Å². The van der Waals surface area contributed by atoms with E-state index in [0.29, 0.717) is 18.0 Å². The smallest absolute Gasteiger partial charge is 0.240 e. The summed E-state index contributed by atoms with van der Waals surface area (Å²) < 4.78 is 0. The molecule has 2 saturated heterocycles. The second-order valence-corrected chi connectivity index (χ2v) is 5.24. The third-order valence-corrected chi connectivity index (χ3v) is 4.12. The van der Waals surface area contributed by atoms with E-state index in [0.717, 1.165) is 19.4 Å². The Morgan fingerprint density at radius 2 is 2.12 bits per heavy atom. The van der Waals surface area contributed by atoms with Crippen LogP contribution in [0.1, 0.15) is 52.4 Å². The average molecular weight is 224 g/mol. The van der Waals surface area contributed by atoms with Gasteiger partial charge in [-0.25, -0.2) is 0 Å². The molecule has 2 rings (SSSR count). The Bertz CT molecular complexity index is 248. The maximum absolute atomic E-state index is 12.4. The second kappa shape index (κ2) is 5.17. The lowest BCUT2D eigenvalue weighted by Gasteiger charge is -2.33. The Labute approximate surface area is 98.6 Å². The number of hydrogen-bond acceptors (Lipinski definition) is 2. The lowest BCUT2D eigenvalue weighted by Crippen LogP contribution is -2.51. The van der Waals surface area contributed by atoms with Crippen molar-refractivity contribution in [2.45, 2.75) is 70.5 Å². The van der Waals surface area contributed by atoms with E-state index in [-0.39, 0.29) is 6.04 Å². The average Bonchev–Trinajstić information content (AvgIpc) is 2.70. The number of nitrogens with zero attached hydrogens (tertiary/aromatic N) is 1. The van der Waals surface area contributed by atoms with Crippen molar-refractivity contribution in [3.8, 4) is 0 Å². The van der Waals surface area contributed by atoms with Crippen molar-refractivity contribution in [3.05, 3.63) is 0 Å². The van der Waals surface area contributed by atoms with E-state index in [9.17, 15) is 4.79 Å². The number of hydrogen-bond donors (Lipinski definition) is 1. The van der Waals surface area contributed by atoms with Gasteiger partial charge in [-0.15, -0.1) is 0 Å². The number of rotatable bonds is 2. The Morgan fingerprint density at radius 1 is 1.31 bits per heavy atom. The Kier molecular flexibility index (Phi) is 3.85. The first-order valence-electron chi connectivity index (χ1n) is 6.79. The molecule has 2 aliphatic rings. The fourth-order valence-electron chi connectivity index (χ4n) is 3.11. The van der Waals surface area contributed by atoms with Crippen LogP contribution < -0.4 is 5.32 Å². The number of nitrogens with one attached hydrogen (secondary N) is 1. The molecule has 3 atom stereocenters. The van der Waals surface area contributed by atoms with E-state index in [1.54, 1.807) is 0 Å². The predicted octanol–water partition coefficient (Wildman–Crippen LogP) is 1.92. The highest BCUT2D eigenvalue weighted by atomic mass is 16.2. The number of likely N-dealkylation sites (tertiary alicyclic amines) is 1. The van der Waals surface area contributed by atoms with Crippen LogP contribution in [0.25, 0.3) is 0 Å². The van der Waals surface area contributed by atoms with E-state index in [4.69, 9.17) is 0 Å². The summed E-state index contributed by atoms with van der Waals surface area (Å²) in [5, 5.41) is 3.37. The molecule has 3 nitrogen and oxygen atoms in total. The molecule has 16 heavy (non-hydrogen) atoms. The fourth-order valence-corrected chi connectivity index (χ4v) is 3.11. The van der Waals surface area contributed by atoms with Crippen molar-refractivity contribution in [2.24, 2.45) is 0 Å². The van der Waals surface area contributed by atoms with Gasteiger partial charge in [0, 0.05) is 12.1 Å². The number of piperidine rings is 1. The van der Waals surface area contributed by atoms with Gasteiger partial charge in [-0.2, -0.15) is 0 Å². The van der Waals surface area contributed by atoms with Crippen LogP contribution >= 0.6 is 0 Å². The molecule has 1 N–H and O–H groups in total. The standard InChI is InChI=1S/C13H24N2O/c1-3-11-8-7-10(2)15(11)13(16)12-6-4-5-9-14-12/h10-12,14H,3-9H2,1-2H3/t10?,11?,12-/m1/s1.